The molecule has 0 atom stereocenters. The minimum Gasteiger partial charge on any atom is -0.466 e. The summed E-state index contributed by atoms with van der Waals surface area (Å²) in [6.07, 6.45) is 1.74. The maximum atomic E-state index is 5.63. The maximum Gasteiger partial charge on any atom is 0.208 e. The molecule has 2 heterocycles. The van der Waals surface area contributed by atoms with Crippen LogP contribution in [0.1, 0.15) is 24.3 Å². The summed E-state index contributed by atoms with van der Waals surface area (Å²) in [5.41, 5.74) is 0.979. The van der Waals surface area contributed by atoms with Gasteiger partial charge in [0.05, 0.1) is 18.3 Å². The second-order valence-corrected chi connectivity index (χ2v) is 3.73. The summed E-state index contributed by atoms with van der Waals surface area (Å²) >= 11 is 0. The highest BCUT2D eigenvalue weighted by Gasteiger charge is 2.12. The topological polar surface area (TPSA) is 51.2 Å². The number of hydrogen-bond acceptors (Lipinski definition) is 4. The number of aromatic nitrogens is 1. The molecule has 2 rings (SSSR count). The molecule has 0 saturated carbocycles. The molecule has 0 fully saturated rings. The highest BCUT2D eigenvalue weighted by molar-refractivity contribution is 5.59. The van der Waals surface area contributed by atoms with Crippen LogP contribution in [0.4, 0.5) is 0 Å². The van der Waals surface area contributed by atoms with Crippen molar-refractivity contribution in [2.45, 2.75) is 27.3 Å². The molecular formula is C12H16N2O2. The summed E-state index contributed by atoms with van der Waals surface area (Å²) in [6, 6.07) is 1.97. The molecule has 0 saturated heterocycles. The third-order valence-corrected chi connectivity index (χ3v) is 2.39. The zero-order valence-electron chi connectivity index (χ0n) is 9.83. The van der Waals surface area contributed by atoms with Crippen LogP contribution < -0.4 is 5.32 Å². The number of hydrogen-bond donors (Lipinski definition) is 1. The zero-order valence-corrected chi connectivity index (χ0v) is 9.83. The summed E-state index contributed by atoms with van der Waals surface area (Å²) in [5, 5.41) is 3.17. The Bertz CT molecular complexity index is 471. The zero-order chi connectivity index (χ0) is 11.5. The van der Waals surface area contributed by atoms with Crippen LogP contribution in [0.5, 0.6) is 0 Å². The first kappa shape index (κ1) is 11.0. The van der Waals surface area contributed by atoms with Crippen molar-refractivity contribution in [3.63, 3.8) is 0 Å². The molecule has 0 radical (unpaired) electrons. The molecule has 0 bridgehead atoms. The van der Waals surface area contributed by atoms with Crippen molar-refractivity contribution in [1.82, 2.24) is 10.3 Å². The molecule has 2 aromatic rings. The average molecular weight is 220 g/mol. The summed E-state index contributed by atoms with van der Waals surface area (Å²) in [6.45, 7) is 7.46. The van der Waals surface area contributed by atoms with Gasteiger partial charge in [-0.1, -0.05) is 6.92 Å². The molecule has 4 nitrogen and oxygen atoms in total. The van der Waals surface area contributed by atoms with Gasteiger partial charge in [0.15, 0.2) is 5.76 Å². The molecule has 0 aromatic carbocycles. The van der Waals surface area contributed by atoms with Crippen molar-refractivity contribution < 1.29 is 8.83 Å². The summed E-state index contributed by atoms with van der Waals surface area (Å²) in [5.74, 6) is 3.22. The Kier molecular flexibility index (Phi) is 3.10. The quantitative estimate of drug-likeness (QED) is 0.860. The van der Waals surface area contributed by atoms with Gasteiger partial charge in [-0.25, -0.2) is 4.98 Å². The second-order valence-electron chi connectivity index (χ2n) is 3.73. The highest BCUT2D eigenvalue weighted by Crippen LogP contribution is 2.26. The van der Waals surface area contributed by atoms with Crippen molar-refractivity contribution in [2.75, 3.05) is 6.54 Å². The van der Waals surface area contributed by atoms with Crippen LogP contribution in [-0.4, -0.2) is 11.5 Å². The van der Waals surface area contributed by atoms with Crippen LogP contribution in [0.25, 0.3) is 11.3 Å². The third-order valence-electron chi connectivity index (χ3n) is 2.39. The minimum absolute atomic E-state index is 0.659. The maximum absolute atomic E-state index is 5.63. The first-order valence-electron chi connectivity index (χ1n) is 5.43. The van der Waals surface area contributed by atoms with Gasteiger partial charge in [-0.3, -0.25) is 0 Å². The van der Waals surface area contributed by atoms with E-state index in [-0.39, 0.29) is 0 Å². The van der Waals surface area contributed by atoms with Crippen LogP contribution in [0.3, 0.4) is 0 Å². The average Bonchev–Trinajstić information content (AvgIpc) is 2.82. The molecule has 1 N–H and O–H groups in total. The van der Waals surface area contributed by atoms with Gasteiger partial charge < -0.3 is 14.2 Å². The van der Waals surface area contributed by atoms with Crippen molar-refractivity contribution >= 4 is 0 Å². The lowest BCUT2D eigenvalue weighted by Gasteiger charge is -1.95. The van der Waals surface area contributed by atoms with E-state index in [1.807, 2.05) is 26.8 Å². The summed E-state index contributed by atoms with van der Waals surface area (Å²) in [4.78, 5) is 4.21. The Balaban J connectivity index is 2.21. The van der Waals surface area contributed by atoms with E-state index >= 15 is 0 Å². The fraction of sp³-hybridized carbons (Fsp3) is 0.417. The van der Waals surface area contributed by atoms with Gasteiger partial charge in [0, 0.05) is 0 Å². The lowest BCUT2D eigenvalue weighted by molar-refractivity contribution is 0.478. The monoisotopic (exact) mass is 220 g/mol. The standard InChI is InChI=1S/C12H16N2O2/c1-4-13-7-12-14-6-11(16-12)10-5-8(2)15-9(10)3/h5-6,13H,4,7H2,1-3H3. The molecular weight excluding hydrogens is 204 g/mol. The van der Waals surface area contributed by atoms with Crippen LogP contribution in [0.15, 0.2) is 21.1 Å². The highest BCUT2D eigenvalue weighted by atomic mass is 16.4. The lowest BCUT2D eigenvalue weighted by atomic mass is 10.2. The first-order valence-corrected chi connectivity index (χ1v) is 5.43. The smallest absolute Gasteiger partial charge is 0.208 e. The van der Waals surface area contributed by atoms with E-state index in [0.29, 0.717) is 12.4 Å². The molecule has 0 amide bonds. The van der Waals surface area contributed by atoms with Crippen molar-refractivity contribution in [1.29, 1.82) is 0 Å². The molecule has 16 heavy (non-hydrogen) atoms. The van der Waals surface area contributed by atoms with E-state index in [4.69, 9.17) is 8.83 Å². The van der Waals surface area contributed by atoms with E-state index in [0.717, 1.165) is 29.4 Å². The molecule has 0 unspecified atom stereocenters. The van der Waals surface area contributed by atoms with Gasteiger partial charge in [0.1, 0.15) is 11.5 Å². The molecule has 4 heteroatoms. The van der Waals surface area contributed by atoms with Gasteiger partial charge in [0.25, 0.3) is 0 Å². The lowest BCUT2D eigenvalue weighted by Crippen LogP contribution is -2.11. The van der Waals surface area contributed by atoms with Crippen LogP contribution >= 0.6 is 0 Å². The van der Waals surface area contributed by atoms with E-state index in [1.54, 1.807) is 6.20 Å². The van der Waals surface area contributed by atoms with Gasteiger partial charge in [-0.15, -0.1) is 0 Å². The van der Waals surface area contributed by atoms with E-state index < -0.39 is 0 Å². The molecule has 0 aliphatic heterocycles. The van der Waals surface area contributed by atoms with Gasteiger partial charge in [-0.05, 0) is 26.5 Å². The SMILES string of the molecule is CCNCc1ncc(-c2cc(C)oc2C)o1. The van der Waals surface area contributed by atoms with Crippen LogP contribution in [-0.2, 0) is 6.54 Å². The molecule has 2 aromatic heterocycles. The predicted octanol–water partition coefficient (Wildman–Crippen LogP) is 2.66. The molecule has 0 spiro atoms. The number of furan rings is 1. The Labute approximate surface area is 94.7 Å². The van der Waals surface area contributed by atoms with E-state index in [9.17, 15) is 0 Å². The Morgan fingerprint density at radius 1 is 1.31 bits per heavy atom. The summed E-state index contributed by atoms with van der Waals surface area (Å²) in [7, 11) is 0. The van der Waals surface area contributed by atoms with Crippen molar-refractivity contribution in [3.8, 4) is 11.3 Å². The number of aryl methyl sites for hydroxylation is 2. The Hall–Kier alpha value is -1.55. The second kappa shape index (κ2) is 4.53. The number of nitrogens with one attached hydrogen (secondary N) is 1. The third kappa shape index (κ3) is 2.17. The summed E-state index contributed by atoms with van der Waals surface area (Å²) < 4.78 is 11.1. The molecule has 0 aliphatic carbocycles. The normalized spacial score (nSPS) is 10.9. The van der Waals surface area contributed by atoms with Crippen molar-refractivity contribution in [2.24, 2.45) is 0 Å². The molecule has 86 valence electrons. The fourth-order valence-corrected chi connectivity index (χ4v) is 1.62. The van der Waals surface area contributed by atoms with Crippen molar-refractivity contribution in [3.05, 3.63) is 29.7 Å². The number of oxazole rings is 1. The molecule has 0 aliphatic rings. The Morgan fingerprint density at radius 3 is 2.75 bits per heavy atom. The van der Waals surface area contributed by atoms with Gasteiger partial charge in [0.2, 0.25) is 5.89 Å². The van der Waals surface area contributed by atoms with E-state index in [1.165, 1.54) is 0 Å². The largest absolute Gasteiger partial charge is 0.466 e. The van der Waals surface area contributed by atoms with E-state index in [2.05, 4.69) is 10.3 Å². The van der Waals surface area contributed by atoms with Gasteiger partial charge >= 0.3 is 0 Å². The predicted molar refractivity (Wildman–Crippen MR) is 61.1 cm³/mol. The number of nitrogens with zero attached hydrogens (tertiary/aromatic N) is 1. The number of rotatable bonds is 4. The fourth-order valence-electron chi connectivity index (χ4n) is 1.62. The van der Waals surface area contributed by atoms with Crippen LogP contribution in [0.2, 0.25) is 0 Å². The van der Waals surface area contributed by atoms with Crippen LogP contribution in [0, 0.1) is 13.8 Å². The Morgan fingerprint density at radius 2 is 2.12 bits per heavy atom. The minimum atomic E-state index is 0.659. The first-order chi connectivity index (χ1) is 7.70. The van der Waals surface area contributed by atoms with Gasteiger partial charge in [-0.2, -0.15) is 0 Å².